The maximum atomic E-state index is 8.89. The van der Waals surface area contributed by atoms with Gasteiger partial charge in [-0.25, -0.2) is 0 Å². The molecule has 0 aliphatic carbocycles. The van der Waals surface area contributed by atoms with E-state index in [1.165, 1.54) is 0 Å². The first kappa shape index (κ1) is 31.6. The Morgan fingerprint density at radius 3 is 0.909 bits per heavy atom. The van der Waals surface area contributed by atoms with Crippen molar-refractivity contribution >= 4 is 11.9 Å². The second-order valence-electron chi connectivity index (χ2n) is 0.983. The summed E-state index contributed by atoms with van der Waals surface area (Å²) in [5.74, 6) is -2.17. The van der Waals surface area contributed by atoms with Crippen molar-refractivity contribution in [1.82, 2.24) is 0 Å². The van der Waals surface area contributed by atoms with Gasteiger partial charge in [0, 0.05) is 11.9 Å². The first-order chi connectivity index (χ1) is 3.46. The molecule has 4 N–H and O–H groups in total. The summed E-state index contributed by atoms with van der Waals surface area (Å²) < 4.78 is 0. The average molecular weight is 210 g/mol. The smallest absolute Gasteiger partial charge is 0.550 e. The molecular formula is C4H10FeO6. The normalized spacial score (nSPS) is 4.55. The van der Waals surface area contributed by atoms with Crippen molar-refractivity contribution in [3.05, 3.63) is 0 Å². The van der Waals surface area contributed by atoms with Crippen molar-refractivity contribution in [3.8, 4) is 0 Å². The predicted molar refractivity (Wildman–Crippen MR) is 28.6 cm³/mol. The van der Waals surface area contributed by atoms with E-state index in [2.05, 4.69) is 0 Å². The van der Waals surface area contributed by atoms with Gasteiger partial charge in [-0.15, -0.1) is 0 Å². The van der Waals surface area contributed by atoms with Crippen LogP contribution >= 0.6 is 0 Å². The van der Waals surface area contributed by atoms with E-state index in [1.54, 1.807) is 0 Å². The van der Waals surface area contributed by atoms with Gasteiger partial charge >= 0.3 is 17.1 Å². The van der Waals surface area contributed by atoms with E-state index >= 15 is 0 Å². The van der Waals surface area contributed by atoms with Gasteiger partial charge in [0.1, 0.15) is 0 Å². The first-order valence-electron chi connectivity index (χ1n) is 1.82. The number of carboxylic acid groups (broad SMARTS) is 2. The van der Waals surface area contributed by atoms with E-state index in [-0.39, 0.29) is 28.0 Å². The van der Waals surface area contributed by atoms with Crippen molar-refractivity contribution in [2.24, 2.45) is 0 Å². The minimum atomic E-state index is -1.08. The number of carboxylic acids is 2. The van der Waals surface area contributed by atoms with E-state index in [0.29, 0.717) is 0 Å². The van der Waals surface area contributed by atoms with Gasteiger partial charge in [0.15, 0.2) is 0 Å². The molecule has 0 unspecified atom stereocenters. The zero-order chi connectivity index (χ0) is 7.15. The number of rotatable bonds is 0. The van der Waals surface area contributed by atoms with Crippen LogP contribution in [-0.2, 0) is 26.7 Å². The van der Waals surface area contributed by atoms with Gasteiger partial charge in [-0.2, -0.15) is 0 Å². The summed E-state index contributed by atoms with van der Waals surface area (Å²) in [6, 6.07) is 0. The van der Waals surface area contributed by atoms with Gasteiger partial charge in [-0.1, -0.05) is 0 Å². The van der Waals surface area contributed by atoms with Gasteiger partial charge in [0.2, 0.25) is 0 Å². The molecule has 0 aliphatic rings. The Morgan fingerprint density at radius 2 is 0.909 bits per heavy atom. The summed E-state index contributed by atoms with van der Waals surface area (Å²) >= 11 is 0. The first-order valence-corrected chi connectivity index (χ1v) is 1.82. The largest absolute Gasteiger partial charge is 2.00 e. The van der Waals surface area contributed by atoms with Crippen molar-refractivity contribution in [1.29, 1.82) is 0 Å². The zero-order valence-electron chi connectivity index (χ0n) is 5.99. The molecular weight excluding hydrogens is 200 g/mol. The van der Waals surface area contributed by atoms with Crippen LogP contribution in [0.25, 0.3) is 0 Å². The molecule has 0 aromatic carbocycles. The molecule has 0 amide bonds. The van der Waals surface area contributed by atoms with Gasteiger partial charge in [0.05, 0.1) is 0 Å². The van der Waals surface area contributed by atoms with Gasteiger partial charge in [-0.05, 0) is 13.8 Å². The molecule has 0 radical (unpaired) electrons. The summed E-state index contributed by atoms with van der Waals surface area (Å²) in [7, 11) is 0. The number of carbonyl (C=O) groups excluding carboxylic acids is 2. The SMILES string of the molecule is CC(=O)[O-].CC(=O)[O-].O.O.[Fe+2]. The van der Waals surface area contributed by atoms with Gasteiger partial charge < -0.3 is 30.8 Å². The Balaban J connectivity index is -0.0000000171. The summed E-state index contributed by atoms with van der Waals surface area (Å²) in [6.45, 7) is 1.94. The Bertz CT molecular complexity index is 72.6. The van der Waals surface area contributed by atoms with Crippen molar-refractivity contribution in [2.45, 2.75) is 13.8 Å². The fourth-order valence-electron chi connectivity index (χ4n) is 0. The fraction of sp³-hybridized carbons (Fsp3) is 0.500. The monoisotopic (exact) mass is 210 g/mol. The van der Waals surface area contributed by atoms with Gasteiger partial charge in [-0.3, -0.25) is 0 Å². The molecule has 70 valence electrons. The average Bonchev–Trinajstić information content (AvgIpc) is 1.25. The van der Waals surface area contributed by atoms with Crippen LogP contribution in [0.2, 0.25) is 0 Å². The molecule has 0 aromatic rings. The van der Waals surface area contributed by atoms with Crippen LogP contribution in [0.1, 0.15) is 13.8 Å². The second kappa shape index (κ2) is 22.8. The summed E-state index contributed by atoms with van der Waals surface area (Å²) in [5, 5.41) is 17.8. The third-order valence-electron chi connectivity index (χ3n) is 0. The maximum absolute atomic E-state index is 8.89. The predicted octanol–water partition coefficient (Wildman–Crippen LogP) is -4.14. The van der Waals surface area contributed by atoms with Crippen LogP contribution in [0.3, 0.4) is 0 Å². The molecule has 0 bridgehead atoms. The van der Waals surface area contributed by atoms with E-state index in [4.69, 9.17) is 19.8 Å². The van der Waals surface area contributed by atoms with Crippen LogP contribution in [0.15, 0.2) is 0 Å². The van der Waals surface area contributed by atoms with Crippen LogP contribution in [0.5, 0.6) is 0 Å². The van der Waals surface area contributed by atoms with Crippen molar-refractivity contribution in [3.63, 3.8) is 0 Å². The standard InChI is InChI=1S/2C2H4O2.Fe.2H2O/c2*1-2(3)4;;;/h2*1H3,(H,3,4);;2*1H2/q;;+2;;/p-2. The van der Waals surface area contributed by atoms with E-state index in [1.807, 2.05) is 0 Å². The Labute approximate surface area is 74.3 Å². The Morgan fingerprint density at radius 1 is 0.909 bits per heavy atom. The summed E-state index contributed by atoms with van der Waals surface area (Å²) in [6.07, 6.45) is 0. The van der Waals surface area contributed by atoms with Crippen LogP contribution < -0.4 is 10.2 Å². The minimum Gasteiger partial charge on any atom is -0.550 e. The van der Waals surface area contributed by atoms with E-state index in [0.717, 1.165) is 13.8 Å². The topological polar surface area (TPSA) is 143 Å². The Kier molecular flexibility index (Phi) is 65.3. The maximum Gasteiger partial charge on any atom is 2.00 e. The van der Waals surface area contributed by atoms with Crippen molar-refractivity contribution < 1.29 is 47.8 Å². The minimum absolute atomic E-state index is 0. The molecule has 0 spiro atoms. The molecule has 0 atom stereocenters. The molecule has 0 fully saturated rings. The summed E-state index contributed by atoms with van der Waals surface area (Å²) in [4.78, 5) is 17.8. The fourth-order valence-corrected chi connectivity index (χ4v) is 0. The third-order valence-corrected chi connectivity index (χ3v) is 0. The molecule has 0 heterocycles. The van der Waals surface area contributed by atoms with E-state index in [9.17, 15) is 0 Å². The van der Waals surface area contributed by atoms with Crippen molar-refractivity contribution in [2.75, 3.05) is 0 Å². The van der Waals surface area contributed by atoms with E-state index < -0.39 is 11.9 Å². The second-order valence-corrected chi connectivity index (χ2v) is 0.983. The molecule has 0 saturated heterocycles. The number of hydrogen-bond acceptors (Lipinski definition) is 4. The van der Waals surface area contributed by atoms with Crippen LogP contribution in [0, 0.1) is 0 Å². The molecule has 7 heteroatoms. The zero-order valence-corrected chi connectivity index (χ0v) is 7.09. The van der Waals surface area contributed by atoms with Gasteiger partial charge in [0.25, 0.3) is 0 Å². The quantitative estimate of drug-likeness (QED) is 0.373. The Hall–Kier alpha value is -0.621. The third kappa shape index (κ3) is 1330. The van der Waals surface area contributed by atoms with Crippen LogP contribution in [-0.4, -0.2) is 22.9 Å². The summed E-state index contributed by atoms with van der Waals surface area (Å²) in [5.41, 5.74) is 0. The molecule has 0 aliphatic heterocycles. The molecule has 0 rings (SSSR count). The molecule has 6 nitrogen and oxygen atoms in total. The number of hydrogen-bond donors (Lipinski definition) is 0. The van der Waals surface area contributed by atoms with Crippen LogP contribution in [0.4, 0.5) is 0 Å². The molecule has 0 saturated carbocycles. The molecule has 11 heavy (non-hydrogen) atoms. The number of carbonyl (C=O) groups is 2. The number of aliphatic carboxylic acids is 2. The molecule has 0 aromatic heterocycles.